The first-order valence-corrected chi connectivity index (χ1v) is 3.57. The van der Waals surface area contributed by atoms with E-state index >= 15 is 0 Å². The van der Waals surface area contributed by atoms with Gasteiger partial charge in [0.15, 0.2) is 0 Å². The molecular formula is H2LiO3Te. The second kappa shape index (κ2) is 5.11. The van der Waals surface area contributed by atoms with E-state index in [1.165, 1.54) is 0 Å². The SMILES string of the molecule is O=[Te](O)O.[Li]. The minimum Gasteiger partial charge on any atom is 0 e. The molecule has 5 heavy (non-hydrogen) atoms. The van der Waals surface area contributed by atoms with Crippen molar-refractivity contribution in [3.63, 3.8) is 0 Å². The van der Waals surface area contributed by atoms with Crippen LogP contribution in [0.5, 0.6) is 0 Å². The van der Waals surface area contributed by atoms with Crippen molar-refractivity contribution in [1.29, 1.82) is 0 Å². The molecule has 0 saturated carbocycles. The van der Waals surface area contributed by atoms with Crippen LogP contribution >= 0.6 is 0 Å². The summed E-state index contributed by atoms with van der Waals surface area (Å²) in [5, 5.41) is 0. The summed E-state index contributed by atoms with van der Waals surface area (Å²) in [4.78, 5) is 0. The second-order valence-electron chi connectivity index (χ2n) is 0.231. The Morgan fingerprint density at radius 2 is 1.40 bits per heavy atom. The number of hydrogen-bond donors (Lipinski definition) is 2. The van der Waals surface area contributed by atoms with E-state index in [4.69, 9.17) is 10.0 Å². The van der Waals surface area contributed by atoms with Crippen molar-refractivity contribution in [2.75, 3.05) is 0 Å². The first-order chi connectivity index (χ1) is 1.73. The van der Waals surface area contributed by atoms with E-state index in [2.05, 4.69) is 0 Å². The molecule has 0 fully saturated rings. The van der Waals surface area contributed by atoms with Crippen LogP contribution in [0.4, 0.5) is 0 Å². The van der Waals surface area contributed by atoms with E-state index in [0.29, 0.717) is 0 Å². The first-order valence-electron chi connectivity index (χ1n) is 0.532. The van der Waals surface area contributed by atoms with Crippen LogP contribution in [0.1, 0.15) is 0 Å². The smallest absolute Gasteiger partial charge is 0 e. The second-order valence-corrected chi connectivity index (χ2v) is 1.55. The van der Waals surface area contributed by atoms with E-state index in [0.717, 1.165) is 0 Å². The molecule has 0 heterocycles. The molecule has 0 aromatic rings. The van der Waals surface area contributed by atoms with Crippen molar-refractivity contribution in [2.24, 2.45) is 0 Å². The maximum absolute atomic E-state index is 8.81. The molecule has 5 heteroatoms. The Balaban J connectivity index is 0. The minimum atomic E-state index is -3.61. The third-order valence-electron chi connectivity index (χ3n) is 0. The Kier molecular flexibility index (Phi) is 9.65. The molecule has 0 bridgehead atoms. The minimum absolute atomic E-state index is 0. The molecule has 0 saturated heterocycles. The molecule has 0 aliphatic heterocycles. The van der Waals surface area contributed by atoms with E-state index < -0.39 is 20.4 Å². The summed E-state index contributed by atoms with van der Waals surface area (Å²) >= 11 is -3.61. The van der Waals surface area contributed by atoms with Crippen molar-refractivity contribution in [2.45, 2.75) is 0 Å². The standard InChI is InChI=1S/Li.H2O3Te/c;1-4(2)3/h;(H2,1,2,3). The van der Waals surface area contributed by atoms with E-state index in [-0.39, 0.29) is 18.9 Å². The quantitative estimate of drug-likeness (QED) is 0.429. The molecule has 0 aromatic carbocycles. The van der Waals surface area contributed by atoms with Gasteiger partial charge in [-0.15, -0.1) is 0 Å². The van der Waals surface area contributed by atoms with Gasteiger partial charge in [0.05, 0.1) is 0 Å². The van der Waals surface area contributed by atoms with Crippen LogP contribution < -0.4 is 0 Å². The normalized spacial score (nSPS) is 7.00. The average Bonchev–Trinajstić information content (AvgIpc) is 0.811. The fourth-order valence-corrected chi connectivity index (χ4v) is 0. The molecule has 0 unspecified atom stereocenters. The molecular weight excluding hydrogens is 183 g/mol. The van der Waals surface area contributed by atoms with Crippen LogP contribution in [0.2, 0.25) is 0 Å². The largest absolute Gasteiger partial charge is 0 e. The van der Waals surface area contributed by atoms with Crippen LogP contribution in [0, 0.1) is 0 Å². The Bertz CT molecular complexity index is 29.9. The molecule has 0 aromatic heterocycles. The van der Waals surface area contributed by atoms with Gasteiger partial charge < -0.3 is 0 Å². The van der Waals surface area contributed by atoms with Crippen molar-refractivity contribution < 1.29 is 10.0 Å². The first kappa shape index (κ1) is 9.44. The Morgan fingerprint density at radius 3 is 1.40 bits per heavy atom. The molecule has 0 rings (SSSR count). The van der Waals surface area contributed by atoms with Gasteiger partial charge in [-0.3, -0.25) is 0 Å². The molecule has 0 spiro atoms. The summed E-state index contributed by atoms with van der Waals surface area (Å²) in [6, 6.07) is 0. The van der Waals surface area contributed by atoms with Crippen LogP contribution in [-0.2, 0) is 3.10 Å². The van der Waals surface area contributed by atoms with E-state index in [9.17, 15) is 0 Å². The van der Waals surface area contributed by atoms with E-state index in [1.807, 2.05) is 0 Å². The summed E-state index contributed by atoms with van der Waals surface area (Å²) in [5.74, 6) is 0. The predicted octanol–water partition coefficient (Wildman–Crippen LogP) is -1.99. The number of hydrogen-bond acceptors (Lipinski definition) is 1. The molecule has 0 aliphatic rings. The zero-order valence-electron chi connectivity index (χ0n) is 2.71. The van der Waals surface area contributed by atoms with Gasteiger partial charge in [-0.05, 0) is 0 Å². The monoisotopic (exact) mass is 187 g/mol. The van der Waals surface area contributed by atoms with Gasteiger partial charge in [-0.1, -0.05) is 0 Å². The maximum atomic E-state index is 8.81. The molecule has 3 nitrogen and oxygen atoms in total. The third kappa shape index (κ3) is 40.2. The van der Waals surface area contributed by atoms with Crippen LogP contribution in [0.3, 0.4) is 0 Å². The van der Waals surface area contributed by atoms with Gasteiger partial charge in [0.2, 0.25) is 0 Å². The van der Waals surface area contributed by atoms with Gasteiger partial charge in [-0.25, -0.2) is 0 Å². The molecule has 0 atom stereocenters. The molecule has 27 valence electrons. The number of rotatable bonds is 0. The topological polar surface area (TPSA) is 57.5 Å². The van der Waals surface area contributed by atoms with Crippen molar-refractivity contribution in [3.8, 4) is 0 Å². The molecule has 2 N–H and O–H groups in total. The molecule has 1 radical (unpaired) electrons. The van der Waals surface area contributed by atoms with Gasteiger partial charge in [0, 0.05) is 18.9 Å². The summed E-state index contributed by atoms with van der Waals surface area (Å²) in [6.45, 7) is 0. The third-order valence-corrected chi connectivity index (χ3v) is 0. The summed E-state index contributed by atoms with van der Waals surface area (Å²) in [5.41, 5.74) is 0. The van der Waals surface area contributed by atoms with Crippen molar-refractivity contribution in [3.05, 3.63) is 0 Å². The average molecular weight is 185 g/mol. The van der Waals surface area contributed by atoms with Gasteiger partial charge in [0.25, 0.3) is 0 Å². The van der Waals surface area contributed by atoms with Gasteiger partial charge in [0.1, 0.15) is 0 Å². The van der Waals surface area contributed by atoms with Crippen LogP contribution in [0.15, 0.2) is 0 Å². The zero-order valence-corrected chi connectivity index (χ0v) is 5.04. The van der Waals surface area contributed by atoms with Crippen LogP contribution in [0.25, 0.3) is 0 Å². The summed E-state index contributed by atoms with van der Waals surface area (Å²) in [6.07, 6.45) is 0. The molecule has 0 aliphatic carbocycles. The molecule has 0 amide bonds. The van der Waals surface area contributed by atoms with Gasteiger partial charge in [-0.2, -0.15) is 0 Å². The predicted molar refractivity (Wildman–Crippen MR) is 16.6 cm³/mol. The zero-order chi connectivity index (χ0) is 3.58. The fourth-order valence-electron chi connectivity index (χ4n) is 0. The Morgan fingerprint density at radius 1 is 1.40 bits per heavy atom. The van der Waals surface area contributed by atoms with Crippen molar-refractivity contribution in [1.82, 2.24) is 0 Å². The fraction of sp³-hybridized carbons (Fsp3) is 0. The van der Waals surface area contributed by atoms with Crippen molar-refractivity contribution >= 4 is 39.2 Å². The Labute approximate surface area is 49.3 Å². The maximum Gasteiger partial charge on any atom is 0 e. The summed E-state index contributed by atoms with van der Waals surface area (Å²) < 4.78 is 23.3. The Hall–Kier alpha value is 1.11. The van der Waals surface area contributed by atoms with Gasteiger partial charge >= 0.3 is 30.4 Å². The summed E-state index contributed by atoms with van der Waals surface area (Å²) in [7, 11) is 0. The van der Waals surface area contributed by atoms with E-state index in [1.54, 1.807) is 0 Å². The van der Waals surface area contributed by atoms with Crippen LogP contribution in [-0.4, -0.2) is 46.2 Å².